The number of amides is 1. The predicted octanol–water partition coefficient (Wildman–Crippen LogP) is 1.08. The van der Waals surface area contributed by atoms with E-state index in [9.17, 15) is 22.4 Å². The second kappa shape index (κ2) is 7.04. The quantitative estimate of drug-likeness (QED) is 0.739. The molecule has 1 aromatic rings. The molecule has 0 spiro atoms. The van der Waals surface area contributed by atoms with E-state index in [1.54, 1.807) is 0 Å². The normalized spacial score (nSPS) is 11.5. The molecule has 1 heterocycles. The lowest BCUT2D eigenvalue weighted by atomic mass is 10.2. The van der Waals surface area contributed by atoms with Crippen molar-refractivity contribution < 1.29 is 32.2 Å². The summed E-state index contributed by atoms with van der Waals surface area (Å²) in [5.74, 6) is -5.08. The first-order valence-corrected chi connectivity index (χ1v) is 5.50. The van der Waals surface area contributed by atoms with Crippen molar-refractivity contribution in [2.75, 3.05) is 19.8 Å². The van der Waals surface area contributed by atoms with E-state index >= 15 is 0 Å². The summed E-state index contributed by atoms with van der Waals surface area (Å²) in [5, 5.41) is 10.9. The van der Waals surface area contributed by atoms with Gasteiger partial charge in [-0.3, -0.25) is 4.79 Å². The van der Waals surface area contributed by atoms with E-state index in [-0.39, 0.29) is 24.6 Å². The Bertz CT molecular complexity index is 440. The van der Waals surface area contributed by atoms with E-state index in [1.165, 1.54) is 6.07 Å². The summed E-state index contributed by atoms with van der Waals surface area (Å²) in [5.41, 5.74) is 0.117. The maximum Gasteiger partial charge on any atom is 0.340 e. The lowest BCUT2D eigenvalue weighted by molar-refractivity contribution is -0.148. The van der Waals surface area contributed by atoms with Crippen molar-refractivity contribution in [1.29, 1.82) is 0 Å². The molecule has 1 rings (SSSR count). The van der Waals surface area contributed by atoms with Crippen LogP contribution in [0.3, 0.4) is 0 Å². The number of rotatable bonds is 7. The van der Waals surface area contributed by atoms with Crippen LogP contribution in [0.1, 0.15) is 10.4 Å². The number of ether oxygens (including phenoxy) is 1. The monoisotopic (exact) mass is 296 g/mol. The topological polar surface area (TPSA) is 71.5 Å². The van der Waals surface area contributed by atoms with Crippen LogP contribution in [0.2, 0.25) is 0 Å². The number of halogens is 4. The molecule has 0 saturated carbocycles. The largest absolute Gasteiger partial charge is 0.471 e. The number of aromatic nitrogens is 1. The number of hydrogen-bond acceptors (Lipinski definition) is 4. The van der Waals surface area contributed by atoms with Gasteiger partial charge in [-0.15, -0.1) is 0 Å². The van der Waals surface area contributed by atoms with Crippen molar-refractivity contribution in [1.82, 2.24) is 10.3 Å². The second-order valence-corrected chi connectivity index (χ2v) is 3.72. The third-order valence-electron chi connectivity index (χ3n) is 2.13. The average Bonchev–Trinajstić information content (AvgIpc) is 2.43. The van der Waals surface area contributed by atoms with Crippen LogP contribution >= 0.6 is 0 Å². The predicted molar refractivity (Wildman–Crippen MR) is 60.1 cm³/mol. The number of aliphatic hydroxyl groups excluding tert-OH is 1. The maximum absolute atomic E-state index is 12.6. The average molecular weight is 296 g/mol. The number of alkyl halides is 4. The number of aliphatic hydroxyl groups is 1. The molecule has 1 amide bonds. The van der Waals surface area contributed by atoms with Gasteiger partial charge in [-0.25, -0.2) is 13.8 Å². The van der Waals surface area contributed by atoms with Crippen LogP contribution in [-0.4, -0.2) is 48.1 Å². The maximum atomic E-state index is 12.6. The summed E-state index contributed by atoms with van der Waals surface area (Å²) < 4.78 is 53.4. The van der Waals surface area contributed by atoms with Gasteiger partial charge in [0, 0.05) is 18.8 Å². The van der Waals surface area contributed by atoms with Crippen molar-refractivity contribution in [3.05, 3.63) is 23.9 Å². The van der Waals surface area contributed by atoms with E-state index in [1.807, 2.05) is 0 Å². The first-order valence-electron chi connectivity index (χ1n) is 5.50. The summed E-state index contributed by atoms with van der Waals surface area (Å²) in [6.07, 6.45) is -2.78. The van der Waals surface area contributed by atoms with Gasteiger partial charge in [-0.05, 0) is 6.07 Å². The third-order valence-corrected chi connectivity index (χ3v) is 2.13. The zero-order chi connectivity index (χ0) is 15.2. The first-order chi connectivity index (χ1) is 9.36. The van der Waals surface area contributed by atoms with Crippen molar-refractivity contribution in [3.63, 3.8) is 0 Å². The van der Waals surface area contributed by atoms with Crippen molar-refractivity contribution >= 4 is 5.91 Å². The minimum atomic E-state index is -4.27. The highest BCUT2D eigenvalue weighted by Gasteiger charge is 2.41. The van der Waals surface area contributed by atoms with Crippen LogP contribution in [-0.2, 0) is 0 Å². The molecular formula is C11H12F4N2O3. The number of pyridine rings is 1. The molecule has 0 aliphatic carbocycles. The van der Waals surface area contributed by atoms with Crippen LogP contribution in [0.4, 0.5) is 17.6 Å². The Kier molecular flexibility index (Phi) is 5.68. The third kappa shape index (κ3) is 4.65. The summed E-state index contributed by atoms with van der Waals surface area (Å²) >= 11 is 0. The van der Waals surface area contributed by atoms with Gasteiger partial charge in [-0.2, -0.15) is 8.78 Å². The lowest BCUT2D eigenvalue weighted by Crippen LogP contribution is -2.33. The fraction of sp³-hybridized carbons (Fsp3) is 0.455. The van der Waals surface area contributed by atoms with E-state index in [4.69, 9.17) is 5.11 Å². The van der Waals surface area contributed by atoms with Crippen LogP contribution in [0.25, 0.3) is 0 Å². The highest BCUT2D eigenvalue weighted by atomic mass is 19.3. The fourth-order valence-corrected chi connectivity index (χ4v) is 1.10. The number of carbonyl (C=O) groups is 1. The minimum absolute atomic E-state index is 0.0533. The van der Waals surface area contributed by atoms with Crippen molar-refractivity contribution in [2.45, 2.75) is 12.3 Å². The number of nitrogens with one attached hydrogen (secondary N) is 1. The van der Waals surface area contributed by atoms with Gasteiger partial charge in [0.05, 0.1) is 12.2 Å². The smallest absolute Gasteiger partial charge is 0.340 e. The van der Waals surface area contributed by atoms with Gasteiger partial charge in [0.2, 0.25) is 5.88 Å². The molecule has 2 N–H and O–H groups in total. The van der Waals surface area contributed by atoms with Crippen molar-refractivity contribution in [2.24, 2.45) is 0 Å². The Morgan fingerprint density at radius 3 is 2.65 bits per heavy atom. The highest BCUT2D eigenvalue weighted by molar-refractivity contribution is 5.93. The molecule has 1 aromatic heterocycles. The molecule has 0 saturated heterocycles. The molecule has 112 valence electrons. The molecule has 0 aromatic carbocycles. The standard InChI is InChI=1S/C11H12F4N2O3/c12-10(13)11(14,15)6-20-8-2-1-7(5-17-8)9(19)16-3-4-18/h1-2,5,10,18H,3-4,6H2,(H,16,19). The van der Waals surface area contributed by atoms with Crippen LogP contribution < -0.4 is 10.1 Å². The summed E-state index contributed by atoms with van der Waals surface area (Å²) in [6, 6.07) is 2.34. The van der Waals surface area contributed by atoms with Gasteiger partial charge in [-0.1, -0.05) is 0 Å². The van der Waals surface area contributed by atoms with Crippen LogP contribution in [0.5, 0.6) is 5.88 Å². The molecule has 0 radical (unpaired) electrons. The molecular weight excluding hydrogens is 284 g/mol. The highest BCUT2D eigenvalue weighted by Crippen LogP contribution is 2.23. The number of nitrogens with zero attached hydrogens (tertiary/aromatic N) is 1. The van der Waals surface area contributed by atoms with Crippen molar-refractivity contribution in [3.8, 4) is 5.88 Å². The molecule has 20 heavy (non-hydrogen) atoms. The van der Waals surface area contributed by atoms with Gasteiger partial charge in [0.1, 0.15) is 0 Å². The number of carbonyl (C=O) groups excluding carboxylic acids is 1. The van der Waals surface area contributed by atoms with E-state index < -0.39 is 24.9 Å². The van der Waals surface area contributed by atoms with E-state index in [0.29, 0.717) is 0 Å². The summed E-state index contributed by atoms with van der Waals surface area (Å²) in [4.78, 5) is 14.9. The number of hydrogen-bond donors (Lipinski definition) is 2. The van der Waals surface area contributed by atoms with Crippen LogP contribution in [0.15, 0.2) is 18.3 Å². The first kappa shape index (κ1) is 16.2. The summed E-state index contributed by atoms with van der Waals surface area (Å²) in [7, 11) is 0. The molecule has 0 aliphatic heterocycles. The molecule has 0 fully saturated rings. The molecule has 0 aliphatic rings. The Hall–Kier alpha value is -1.90. The fourth-order valence-electron chi connectivity index (χ4n) is 1.10. The zero-order valence-electron chi connectivity index (χ0n) is 10.2. The molecule has 9 heteroatoms. The SMILES string of the molecule is O=C(NCCO)c1ccc(OCC(F)(F)C(F)F)nc1. The Labute approximate surface area is 111 Å². The summed E-state index contributed by atoms with van der Waals surface area (Å²) in [6.45, 7) is -1.69. The Morgan fingerprint density at radius 1 is 1.45 bits per heavy atom. The van der Waals surface area contributed by atoms with E-state index in [0.717, 1.165) is 12.3 Å². The van der Waals surface area contributed by atoms with Crippen LogP contribution in [0, 0.1) is 0 Å². The van der Waals surface area contributed by atoms with E-state index in [2.05, 4.69) is 15.0 Å². The zero-order valence-corrected chi connectivity index (χ0v) is 10.2. The minimum Gasteiger partial charge on any atom is -0.471 e. The molecule has 5 nitrogen and oxygen atoms in total. The van der Waals surface area contributed by atoms with Gasteiger partial charge in [0.15, 0.2) is 6.61 Å². The molecule has 0 bridgehead atoms. The Morgan fingerprint density at radius 2 is 2.15 bits per heavy atom. The van der Waals surface area contributed by atoms with Gasteiger partial charge < -0.3 is 15.2 Å². The van der Waals surface area contributed by atoms with Gasteiger partial charge in [0.25, 0.3) is 5.91 Å². The second-order valence-electron chi connectivity index (χ2n) is 3.72. The van der Waals surface area contributed by atoms with Gasteiger partial charge >= 0.3 is 12.3 Å². The Balaban J connectivity index is 2.57. The molecule has 0 unspecified atom stereocenters. The molecule has 0 atom stereocenters. The lowest BCUT2D eigenvalue weighted by Gasteiger charge is -2.15.